The third-order valence-corrected chi connectivity index (χ3v) is 5.91. The summed E-state index contributed by atoms with van der Waals surface area (Å²) in [6.07, 6.45) is -0.187. The first-order valence-electron chi connectivity index (χ1n) is 13.4. The molecule has 0 spiro atoms. The number of hydrogen-bond acceptors (Lipinski definition) is 6. The molecule has 10 nitrogen and oxygen atoms in total. The highest BCUT2D eigenvalue weighted by molar-refractivity contribution is 6.06. The first-order valence-corrected chi connectivity index (χ1v) is 13.4. The first-order chi connectivity index (χ1) is 19.4. The standard InChI is InChI=1S/C31H39N5O5/c1-31(2,3)41-30(40)34-27-10-7-6-9-26(27)33-28(38)23-13-11-22(12-14-23)21-36(19-8-20-37)29(39)32-24-15-17-25(18-16-24)35(4)5/h6-7,9-18,37H,8,19-21H2,1-5H3,(H,32,39)(H,33,38)(H,34,40). The van der Waals surface area contributed by atoms with Crippen molar-refractivity contribution in [3.05, 3.63) is 83.9 Å². The highest BCUT2D eigenvalue weighted by Crippen LogP contribution is 2.23. The molecule has 0 bridgehead atoms. The molecule has 0 aromatic heterocycles. The van der Waals surface area contributed by atoms with Gasteiger partial charge in [-0.05, 0) is 81.3 Å². The highest BCUT2D eigenvalue weighted by atomic mass is 16.6. The van der Waals surface area contributed by atoms with Crippen LogP contribution in [-0.4, -0.2) is 60.9 Å². The molecule has 0 unspecified atom stereocenters. The quantitative estimate of drug-likeness (QED) is 0.249. The van der Waals surface area contributed by atoms with E-state index in [1.54, 1.807) is 74.2 Å². The molecule has 3 rings (SSSR count). The number of urea groups is 1. The minimum atomic E-state index is -0.657. The van der Waals surface area contributed by atoms with Gasteiger partial charge >= 0.3 is 12.1 Å². The molecule has 0 aliphatic carbocycles. The number of benzene rings is 3. The van der Waals surface area contributed by atoms with Crippen LogP contribution in [0.4, 0.5) is 32.3 Å². The maximum absolute atomic E-state index is 13.0. The van der Waals surface area contributed by atoms with Gasteiger partial charge in [-0.3, -0.25) is 10.1 Å². The van der Waals surface area contributed by atoms with Gasteiger partial charge in [0.1, 0.15) is 5.60 Å². The van der Waals surface area contributed by atoms with Crippen LogP contribution in [-0.2, 0) is 11.3 Å². The molecule has 0 fully saturated rings. The van der Waals surface area contributed by atoms with Crippen molar-refractivity contribution >= 4 is 40.8 Å². The van der Waals surface area contributed by atoms with Crippen LogP contribution in [0, 0.1) is 0 Å². The minimum Gasteiger partial charge on any atom is -0.444 e. The SMILES string of the molecule is CN(C)c1ccc(NC(=O)N(CCCO)Cc2ccc(C(=O)Nc3ccccc3NC(=O)OC(C)(C)C)cc2)cc1. The number of nitrogens with zero attached hydrogens (tertiary/aromatic N) is 2. The van der Waals surface area contributed by atoms with Crippen LogP contribution in [0.25, 0.3) is 0 Å². The van der Waals surface area contributed by atoms with Gasteiger partial charge in [-0.25, -0.2) is 9.59 Å². The van der Waals surface area contributed by atoms with E-state index in [-0.39, 0.29) is 18.5 Å². The van der Waals surface area contributed by atoms with E-state index in [0.29, 0.717) is 42.1 Å². The number of anilines is 4. The van der Waals surface area contributed by atoms with E-state index in [1.165, 1.54) is 0 Å². The molecule has 4 amide bonds. The lowest BCUT2D eigenvalue weighted by atomic mass is 10.1. The van der Waals surface area contributed by atoms with Crippen molar-refractivity contribution in [1.82, 2.24) is 4.90 Å². The topological polar surface area (TPSA) is 123 Å². The van der Waals surface area contributed by atoms with Crippen molar-refractivity contribution in [2.45, 2.75) is 39.3 Å². The molecule has 3 aromatic rings. The highest BCUT2D eigenvalue weighted by Gasteiger charge is 2.18. The Balaban J connectivity index is 1.65. The fourth-order valence-corrected chi connectivity index (χ4v) is 3.85. The third kappa shape index (κ3) is 9.84. The number of rotatable bonds is 10. The Kier molecular flexibility index (Phi) is 10.7. The van der Waals surface area contributed by atoms with Gasteiger partial charge in [-0.15, -0.1) is 0 Å². The van der Waals surface area contributed by atoms with E-state index < -0.39 is 11.7 Å². The number of aliphatic hydroxyl groups excluding tert-OH is 1. The number of ether oxygens (including phenoxy) is 1. The van der Waals surface area contributed by atoms with Crippen molar-refractivity contribution < 1.29 is 24.2 Å². The smallest absolute Gasteiger partial charge is 0.412 e. The number of nitrogens with one attached hydrogen (secondary N) is 3. The van der Waals surface area contributed by atoms with E-state index in [9.17, 15) is 19.5 Å². The monoisotopic (exact) mass is 561 g/mol. The zero-order valence-electron chi connectivity index (χ0n) is 24.2. The summed E-state index contributed by atoms with van der Waals surface area (Å²) in [4.78, 5) is 41.8. The fourth-order valence-electron chi connectivity index (χ4n) is 3.85. The van der Waals surface area contributed by atoms with Gasteiger partial charge in [0.2, 0.25) is 0 Å². The first kappa shape index (κ1) is 31.0. The third-order valence-electron chi connectivity index (χ3n) is 5.91. The van der Waals surface area contributed by atoms with Crippen LogP contribution in [0.3, 0.4) is 0 Å². The van der Waals surface area contributed by atoms with Crippen molar-refractivity contribution in [1.29, 1.82) is 0 Å². The lowest BCUT2D eigenvalue weighted by molar-refractivity contribution is 0.0635. The number of carbonyl (C=O) groups excluding carboxylic acids is 3. The Labute approximate surface area is 241 Å². The fraction of sp³-hybridized carbons (Fsp3) is 0.323. The Morgan fingerprint density at radius 1 is 0.829 bits per heavy atom. The molecule has 3 aromatic carbocycles. The summed E-state index contributed by atoms with van der Waals surface area (Å²) in [7, 11) is 3.89. The number of hydrogen-bond donors (Lipinski definition) is 4. The zero-order chi connectivity index (χ0) is 30.0. The van der Waals surface area contributed by atoms with Crippen LogP contribution < -0.4 is 20.9 Å². The van der Waals surface area contributed by atoms with E-state index in [0.717, 1.165) is 11.3 Å². The summed E-state index contributed by atoms with van der Waals surface area (Å²) in [5.74, 6) is -0.356. The molecule has 4 N–H and O–H groups in total. The van der Waals surface area contributed by atoms with Crippen LogP contribution in [0.1, 0.15) is 43.1 Å². The predicted molar refractivity (Wildman–Crippen MR) is 163 cm³/mol. The predicted octanol–water partition coefficient (Wildman–Crippen LogP) is 5.77. The molecule has 0 heterocycles. The molecule has 0 saturated carbocycles. The molecule has 0 atom stereocenters. The molecule has 0 aliphatic heterocycles. The Morgan fingerprint density at radius 2 is 1.44 bits per heavy atom. The van der Waals surface area contributed by atoms with Crippen LogP contribution >= 0.6 is 0 Å². The van der Waals surface area contributed by atoms with Gasteiger partial charge in [-0.1, -0.05) is 24.3 Å². The second-order valence-electron chi connectivity index (χ2n) is 10.7. The molecule has 0 saturated heterocycles. The van der Waals surface area contributed by atoms with Crippen molar-refractivity contribution in [3.8, 4) is 0 Å². The summed E-state index contributed by atoms with van der Waals surface area (Å²) in [6.45, 7) is 5.93. The zero-order valence-corrected chi connectivity index (χ0v) is 24.2. The van der Waals surface area contributed by atoms with E-state index in [4.69, 9.17) is 4.74 Å². The van der Waals surface area contributed by atoms with Gasteiger partial charge in [0.15, 0.2) is 0 Å². The van der Waals surface area contributed by atoms with Crippen LogP contribution in [0.2, 0.25) is 0 Å². The van der Waals surface area contributed by atoms with Gasteiger partial charge in [0.25, 0.3) is 5.91 Å². The number of para-hydroxylation sites is 2. The molecular weight excluding hydrogens is 522 g/mol. The van der Waals surface area contributed by atoms with Gasteiger partial charge in [0, 0.05) is 50.7 Å². The maximum atomic E-state index is 13.0. The van der Waals surface area contributed by atoms with Crippen molar-refractivity contribution in [2.75, 3.05) is 48.1 Å². The lowest BCUT2D eigenvalue weighted by Gasteiger charge is -2.23. The second-order valence-corrected chi connectivity index (χ2v) is 10.7. The summed E-state index contributed by atoms with van der Waals surface area (Å²) >= 11 is 0. The summed E-state index contributed by atoms with van der Waals surface area (Å²) < 4.78 is 5.31. The number of aliphatic hydroxyl groups is 1. The molecule has 0 radical (unpaired) electrons. The maximum Gasteiger partial charge on any atom is 0.412 e. The average Bonchev–Trinajstić information content (AvgIpc) is 2.91. The van der Waals surface area contributed by atoms with Crippen molar-refractivity contribution in [3.63, 3.8) is 0 Å². The normalized spacial score (nSPS) is 10.9. The average molecular weight is 562 g/mol. The Hall–Kier alpha value is -4.57. The van der Waals surface area contributed by atoms with Gasteiger partial charge in [-0.2, -0.15) is 0 Å². The molecule has 41 heavy (non-hydrogen) atoms. The molecule has 0 aliphatic rings. The van der Waals surface area contributed by atoms with Crippen molar-refractivity contribution in [2.24, 2.45) is 0 Å². The summed E-state index contributed by atoms with van der Waals surface area (Å²) in [5.41, 5.74) is 3.11. The van der Waals surface area contributed by atoms with Crippen LogP contribution in [0.15, 0.2) is 72.8 Å². The Bertz CT molecular complexity index is 1320. The largest absolute Gasteiger partial charge is 0.444 e. The Morgan fingerprint density at radius 3 is 2.00 bits per heavy atom. The molecular formula is C31H39N5O5. The number of amides is 4. The van der Waals surface area contributed by atoms with E-state index in [2.05, 4.69) is 16.0 Å². The minimum absolute atomic E-state index is 0.0370. The molecule has 218 valence electrons. The van der Waals surface area contributed by atoms with Crippen LogP contribution in [0.5, 0.6) is 0 Å². The van der Waals surface area contributed by atoms with E-state index in [1.807, 2.05) is 43.3 Å². The van der Waals surface area contributed by atoms with E-state index >= 15 is 0 Å². The summed E-state index contributed by atoms with van der Waals surface area (Å²) in [5, 5.41) is 17.7. The van der Waals surface area contributed by atoms with Gasteiger partial charge < -0.3 is 30.3 Å². The lowest BCUT2D eigenvalue weighted by Crippen LogP contribution is -2.35. The molecule has 10 heteroatoms. The summed E-state index contributed by atoms with van der Waals surface area (Å²) in [6, 6.07) is 21.0. The number of carbonyl (C=O) groups is 3. The second kappa shape index (κ2) is 14.2. The van der Waals surface area contributed by atoms with Gasteiger partial charge in [0.05, 0.1) is 11.4 Å².